The Hall–Kier alpha value is -0.480. The molecule has 106 valence electrons. The standard InChI is InChI=1S/C15H19BrF2O/c16-12-9-13(17)11(8-14(12)18)15(19)10-6-4-2-1-3-5-7-10/h8-10,15,19H,1-7H2. The highest BCUT2D eigenvalue weighted by Crippen LogP contribution is 2.35. The molecular weight excluding hydrogens is 314 g/mol. The first-order valence-corrected chi connectivity index (χ1v) is 7.71. The molecule has 0 radical (unpaired) electrons. The third kappa shape index (κ3) is 3.76. The highest BCUT2D eigenvalue weighted by molar-refractivity contribution is 9.10. The fourth-order valence-electron chi connectivity index (χ4n) is 2.82. The number of aliphatic hydroxyl groups is 1. The van der Waals surface area contributed by atoms with E-state index >= 15 is 0 Å². The first-order valence-electron chi connectivity index (χ1n) is 6.92. The highest BCUT2D eigenvalue weighted by atomic mass is 79.9. The molecule has 1 aromatic rings. The summed E-state index contributed by atoms with van der Waals surface area (Å²) in [6.45, 7) is 0. The van der Waals surface area contributed by atoms with Crippen LogP contribution in [-0.2, 0) is 0 Å². The van der Waals surface area contributed by atoms with Crippen molar-refractivity contribution in [1.82, 2.24) is 0 Å². The lowest BCUT2D eigenvalue weighted by molar-refractivity contribution is 0.0875. The van der Waals surface area contributed by atoms with Crippen molar-refractivity contribution in [2.24, 2.45) is 5.92 Å². The summed E-state index contributed by atoms with van der Waals surface area (Å²) in [7, 11) is 0. The second kappa shape index (κ2) is 6.80. The van der Waals surface area contributed by atoms with E-state index in [2.05, 4.69) is 15.9 Å². The number of hydrogen-bond donors (Lipinski definition) is 1. The van der Waals surface area contributed by atoms with Crippen molar-refractivity contribution in [2.75, 3.05) is 0 Å². The van der Waals surface area contributed by atoms with Crippen LogP contribution in [-0.4, -0.2) is 5.11 Å². The summed E-state index contributed by atoms with van der Waals surface area (Å²) in [6.07, 6.45) is 6.56. The van der Waals surface area contributed by atoms with E-state index in [0.717, 1.165) is 37.8 Å². The van der Waals surface area contributed by atoms with Gasteiger partial charge in [-0.05, 0) is 46.8 Å². The SMILES string of the molecule is OC(c1cc(F)c(Br)cc1F)C1CCCCCCC1. The summed E-state index contributed by atoms with van der Waals surface area (Å²) in [4.78, 5) is 0. The fraction of sp³-hybridized carbons (Fsp3) is 0.600. The minimum atomic E-state index is -0.902. The van der Waals surface area contributed by atoms with Crippen molar-refractivity contribution in [3.63, 3.8) is 0 Å². The van der Waals surface area contributed by atoms with Crippen LogP contribution in [0.4, 0.5) is 8.78 Å². The van der Waals surface area contributed by atoms with Gasteiger partial charge >= 0.3 is 0 Å². The summed E-state index contributed by atoms with van der Waals surface area (Å²) in [6, 6.07) is 2.21. The molecule has 1 aromatic carbocycles. The highest BCUT2D eigenvalue weighted by Gasteiger charge is 2.25. The molecule has 0 heterocycles. The van der Waals surface area contributed by atoms with Gasteiger partial charge in [0.1, 0.15) is 11.6 Å². The predicted molar refractivity (Wildman–Crippen MR) is 74.8 cm³/mol. The van der Waals surface area contributed by atoms with Gasteiger partial charge < -0.3 is 5.11 Å². The van der Waals surface area contributed by atoms with Gasteiger partial charge in [0.2, 0.25) is 0 Å². The minimum absolute atomic E-state index is 0.0374. The van der Waals surface area contributed by atoms with Crippen molar-refractivity contribution in [2.45, 2.75) is 51.0 Å². The maximum atomic E-state index is 13.9. The van der Waals surface area contributed by atoms with Crippen LogP contribution in [0.15, 0.2) is 16.6 Å². The monoisotopic (exact) mass is 332 g/mol. The maximum absolute atomic E-state index is 13.9. The quantitative estimate of drug-likeness (QED) is 0.745. The van der Waals surface area contributed by atoms with E-state index in [9.17, 15) is 13.9 Å². The molecule has 4 heteroatoms. The normalized spacial score (nSPS) is 19.8. The van der Waals surface area contributed by atoms with Crippen LogP contribution < -0.4 is 0 Å². The van der Waals surface area contributed by atoms with E-state index < -0.39 is 17.7 Å². The van der Waals surface area contributed by atoms with Gasteiger partial charge in [0.15, 0.2) is 0 Å². The lowest BCUT2D eigenvalue weighted by atomic mass is 9.84. The number of aliphatic hydroxyl groups excluding tert-OH is 1. The molecule has 0 saturated heterocycles. The van der Waals surface area contributed by atoms with Gasteiger partial charge in [-0.25, -0.2) is 8.78 Å². The molecule has 1 aliphatic carbocycles. The van der Waals surface area contributed by atoms with Gasteiger partial charge in [-0.15, -0.1) is 0 Å². The molecule has 1 nitrogen and oxygen atoms in total. The molecule has 1 fully saturated rings. The molecule has 1 atom stereocenters. The van der Waals surface area contributed by atoms with E-state index in [-0.39, 0.29) is 16.0 Å². The zero-order valence-corrected chi connectivity index (χ0v) is 12.4. The van der Waals surface area contributed by atoms with E-state index in [1.54, 1.807) is 0 Å². The topological polar surface area (TPSA) is 20.2 Å². The predicted octanol–water partition coefficient (Wildman–Crippen LogP) is 5.12. The molecular formula is C15H19BrF2O. The van der Waals surface area contributed by atoms with E-state index in [4.69, 9.17) is 0 Å². The Bertz CT molecular complexity index is 428. The van der Waals surface area contributed by atoms with Crippen LogP contribution in [0.2, 0.25) is 0 Å². The van der Waals surface area contributed by atoms with Crippen molar-refractivity contribution < 1.29 is 13.9 Å². The summed E-state index contributed by atoms with van der Waals surface area (Å²) >= 11 is 2.95. The van der Waals surface area contributed by atoms with E-state index in [0.29, 0.717) is 0 Å². The Morgan fingerprint density at radius 2 is 1.58 bits per heavy atom. The minimum Gasteiger partial charge on any atom is -0.388 e. The van der Waals surface area contributed by atoms with Crippen molar-refractivity contribution in [1.29, 1.82) is 0 Å². The molecule has 1 saturated carbocycles. The van der Waals surface area contributed by atoms with Crippen molar-refractivity contribution in [3.8, 4) is 0 Å². The second-order valence-corrected chi connectivity index (χ2v) is 6.19. The third-order valence-corrected chi connectivity index (χ3v) is 4.56. The molecule has 2 rings (SSSR count). The van der Waals surface area contributed by atoms with Crippen LogP contribution in [0.5, 0.6) is 0 Å². The molecule has 19 heavy (non-hydrogen) atoms. The average Bonchev–Trinajstić information content (AvgIpc) is 2.32. The fourth-order valence-corrected chi connectivity index (χ4v) is 3.14. The molecule has 0 spiro atoms. The lowest BCUT2D eigenvalue weighted by Gasteiger charge is -2.25. The molecule has 1 N–H and O–H groups in total. The molecule has 0 aromatic heterocycles. The molecule has 1 unspecified atom stereocenters. The first kappa shape index (κ1) is 14.9. The van der Waals surface area contributed by atoms with Gasteiger partial charge in [0, 0.05) is 5.56 Å². The van der Waals surface area contributed by atoms with Gasteiger partial charge in [0.25, 0.3) is 0 Å². The summed E-state index contributed by atoms with van der Waals surface area (Å²) < 4.78 is 27.5. The maximum Gasteiger partial charge on any atom is 0.137 e. The number of hydrogen-bond acceptors (Lipinski definition) is 1. The zero-order valence-electron chi connectivity index (χ0n) is 10.8. The Morgan fingerprint density at radius 3 is 2.21 bits per heavy atom. The Labute approximate surface area is 121 Å². The smallest absolute Gasteiger partial charge is 0.137 e. The summed E-state index contributed by atoms with van der Waals surface area (Å²) in [5.74, 6) is -1.03. The Kier molecular flexibility index (Phi) is 5.34. The Balaban J connectivity index is 2.17. The largest absolute Gasteiger partial charge is 0.388 e. The van der Waals surface area contributed by atoms with Crippen LogP contribution in [0.3, 0.4) is 0 Å². The van der Waals surface area contributed by atoms with Gasteiger partial charge in [-0.2, -0.15) is 0 Å². The number of halogens is 3. The van der Waals surface area contributed by atoms with Crippen LogP contribution >= 0.6 is 15.9 Å². The molecule has 1 aliphatic rings. The second-order valence-electron chi connectivity index (χ2n) is 5.34. The average molecular weight is 333 g/mol. The molecule has 0 bridgehead atoms. The molecule has 0 aliphatic heterocycles. The number of benzene rings is 1. The van der Waals surface area contributed by atoms with E-state index in [1.807, 2.05) is 0 Å². The van der Waals surface area contributed by atoms with Crippen LogP contribution in [0.25, 0.3) is 0 Å². The lowest BCUT2D eigenvalue weighted by Crippen LogP contribution is -2.16. The molecule has 0 amide bonds. The van der Waals surface area contributed by atoms with Crippen molar-refractivity contribution >= 4 is 15.9 Å². The first-order chi connectivity index (χ1) is 9.09. The summed E-state index contributed by atoms with van der Waals surface area (Å²) in [5, 5.41) is 10.3. The van der Waals surface area contributed by atoms with Crippen molar-refractivity contribution in [3.05, 3.63) is 33.8 Å². The summed E-state index contributed by atoms with van der Waals surface area (Å²) in [5.41, 5.74) is 0.0891. The van der Waals surface area contributed by atoms with Gasteiger partial charge in [-0.1, -0.05) is 32.1 Å². The third-order valence-electron chi connectivity index (χ3n) is 3.95. The van der Waals surface area contributed by atoms with Crippen LogP contribution in [0.1, 0.15) is 56.6 Å². The Morgan fingerprint density at radius 1 is 1.00 bits per heavy atom. The van der Waals surface area contributed by atoms with Crippen LogP contribution in [0, 0.1) is 17.6 Å². The van der Waals surface area contributed by atoms with Gasteiger partial charge in [-0.3, -0.25) is 0 Å². The zero-order chi connectivity index (χ0) is 13.8. The van der Waals surface area contributed by atoms with Gasteiger partial charge in [0.05, 0.1) is 10.6 Å². The number of rotatable bonds is 2. The van der Waals surface area contributed by atoms with E-state index in [1.165, 1.54) is 19.3 Å².